The van der Waals surface area contributed by atoms with Crippen molar-refractivity contribution in [3.8, 4) is 0 Å². The Kier molecular flexibility index (Phi) is 5.77. The molecule has 0 aromatic carbocycles. The van der Waals surface area contributed by atoms with Gasteiger partial charge in [0.2, 0.25) is 5.91 Å². The van der Waals surface area contributed by atoms with Crippen molar-refractivity contribution in [2.45, 2.75) is 19.8 Å². The number of rotatable bonds is 6. The van der Waals surface area contributed by atoms with E-state index in [0.717, 1.165) is 32.6 Å². The Labute approximate surface area is 98.8 Å². The van der Waals surface area contributed by atoms with Gasteiger partial charge in [0.15, 0.2) is 0 Å². The molecule has 0 radical (unpaired) electrons. The first-order valence-electron chi connectivity index (χ1n) is 6.28. The summed E-state index contributed by atoms with van der Waals surface area (Å²) < 4.78 is 0. The van der Waals surface area contributed by atoms with Crippen molar-refractivity contribution in [2.24, 2.45) is 11.8 Å². The minimum Gasteiger partial charge on any atom is -0.355 e. The minimum atomic E-state index is 0.115. The zero-order valence-electron chi connectivity index (χ0n) is 10.8. The van der Waals surface area contributed by atoms with Crippen molar-refractivity contribution in [3.63, 3.8) is 0 Å². The summed E-state index contributed by atoms with van der Waals surface area (Å²) in [5.41, 5.74) is 0. The Hall–Kier alpha value is -0.610. The van der Waals surface area contributed by atoms with E-state index < -0.39 is 0 Å². The van der Waals surface area contributed by atoms with E-state index in [1.54, 1.807) is 0 Å². The third-order valence-corrected chi connectivity index (χ3v) is 3.37. The molecule has 4 heteroatoms. The molecule has 1 aliphatic heterocycles. The Balaban J connectivity index is 2.23. The van der Waals surface area contributed by atoms with Crippen LogP contribution in [0.25, 0.3) is 0 Å². The summed E-state index contributed by atoms with van der Waals surface area (Å²) in [6.45, 7) is 5.94. The summed E-state index contributed by atoms with van der Waals surface area (Å²) in [5, 5.41) is 6.14. The molecule has 2 N–H and O–H groups in total. The Morgan fingerprint density at radius 1 is 1.56 bits per heavy atom. The number of nitrogens with zero attached hydrogens (tertiary/aromatic N) is 1. The van der Waals surface area contributed by atoms with Crippen LogP contribution in [0, 0.1) is 11.8 Å². The first-order valence-corrected chi connectivity index (χ1v) is 6.28. The molecule has 16 heavy (non-hydrogen) atoms. The number of hydrogen-bond acceptors (Lipinski definition) is 3. The van der Waals surface area contributed by atoms with E-state index in [1.165, 1.54) is 6.42 Å². The molecule has 4 nitrogen and oxygen atoms in total. The monoisotopic (exact) mass is 227 g/mol. The van der Waals surface area contributed by atoms with Crippen LogP contribution in [0.5, 0.6) is 0 Å². The smallest absolute Gasteiger partial charge is 0.224 e. The van der Waals surface area contributed by atoms with Crippen LogP contribution in [0.15, 0.2) is 0 Å². The molecule has 1 fully saturated rings. The number of nitrogens with one attached hydrogen (secondary N) is 2. The van der Waals surface area contributed by atoms with E-state index in [1.807, 2.05) is 7.05 Å². The van der Waals surface area contributed by atoms with Crippen LogP contribution in [0.3, 0.4) is 0 Å². The first-order chi connectivity index (χ1) is 7.67. The zero-order chi connectivity index (χ0) is 12.0. The van der Waals surface area contributed by atoms with Crippen LogP contribution in [0.2, 0.25) is 0 Å². The van der Waals surface area contributed by atoms with E-state index in [9.17, 15) is 4.79 Å². The van der Waals surface area contributed by atoms with Gasteiger partial charge in [-0.1, -0.05) is 6.92 Å². The van der Waals surface area contributed by atoms with E-state index in [0.29, 0.717) is 5.92 Å². The molecule has 0 aliphatic carbocycles. The van der Waals surface area contributed by atoms with Gasteiger partial charge in [-0.05, 0) is 39.4 Å². The van der Waals surface area contributed by atoms with Crippen LogP contribution in [-0.4, -0.2) is 51.1 Å². The second-order valence-corrected chi connectivity index (χ2v) is 4.82. The van der Waals surface area contributed by atoms with E-state index in [4.69, 9.17) is 0 Å². The normalized spacial score (nSPS) is 23.3. The summed E-state index contributed by atoms with van der Waals surface area (Å²) in [7, 11) is 4.03. The van der Waals surface area contributed by atoms with Gasteiger partial charge in [0.1, 0.15) is 0 Å². The summed E-state index contributed by atoms with van der Waals surface area (Å²) in [6.07, 6.45) is 2.11. The highest BCUT2D eigenvalue weighted by Crippen LogP contribution is 2.13. The Morgan fingerprint density at radius 2 is 2.31 bits per heavy atom. The van der Waals surface area contributed by atoms with Crippen molar-refractivity contribution in [1.82, 2.24) is 15.5 Å². The molecular formula is C12H25N3O. The molecule has 1 rings (SSSR count). The molecule has 1 aliphatic rings. The fourth-order valence-corrected chi connectivity index (χ4v) is 2.25. The molecule has 1 heterocycles. The standard InChI is InChI=1S/C12H25N3O/c1-4-11(8-13-2)12(16)14-7-10-5-6-15(3)9-10/h10-11,13H,4-9H2,1-3H3,(H,14,16). The van der Waals surface area contributed by atoms with Crippen LogP contribution >= 0.6 is 0 Å². The summed E-state index contributed by atoms with van der Waals surface area (Å²) in [4.78, 5) is 14.2. The van der Waals surface area contributed by atoms with Gasteiger partial charge < -0.3 is 15.5 Å². The molecule has 0 aromatic heterocycles. The predicted molar refractivity (Wildman–Crippen MR) is 66.3 cm³/mol. The molecular weight excluding hydrogens is 202 g/mol. The van der Waals surface area contributed by atoms with Crippen LogP contribution in [0.1, 0.15) is 19.8 Å². The first kappa shape index (κ1) is 13.5. The average Bonchev–Trinajstić information content (AvgIpc) is 2.68. The van der Waals surface area contributed by atoms with Crippen LogP contribution < -0.4 is 10.6 Å². The molecule has 2 unspecified atom stereocenters. The van der Waals surface area contributed by atoms with Gasteiger partial charge in [-0.3, -0.25) is 4.79 Å². The van der Waals surface area contributed by atoms with E-state index in [-0.39, 0.29) is 11.8 Å². The lowest BCUT2D eigenvalue weighted by Gasteiger charge is -2.16. The molecule has 94 valence electrons. The highest BCUT2D eigenvalue weighted by Gasteiger charge is 2.21. The van der Waals surface area contributed by atoms with Crippen molar-refractivity contribution in [1.29, 1.82) is 0 Å². The minimum absolute atomic E-state index is 0.115. The third-order valence-electron chi connectivity index (χ3n) is 3.37. The lowest BCUT2D eigenvalue weighted by Crippen LogP contribution is -2.38. The van der Waals surface area contributed by atoms with Gasteiger partial charge in [0.05, 0.1) is 5.92 Å². The second kappa shape index (κ2) is 6.86. The fraction of sp³-hybridized carbons (Fsp3) is 0.917. The van der Waals surface area contributed by atoms with Gasteiger partial charge in [0.25, 0.3) is 0 Å². The number of likely N-dealkylation sites (tertiary alicyclic amines) is 1. The van der Waals surface area contributed by atoms with Crippen LogP contribution in [0.4, 0.5) is 0 Å². The van der Waals surface area contributed by atoms with Gasteiger partial charge in [0, 0.05) is 19.6 Å². The summed E-state index contributed by atoms with van der Waals surface area (Å²) in [5.74, 6) is 0.955. The topological polar surface area (TPSA) is 44.4 Å². The molecule has 0 bridgehead atoms. The quantitative estimate of drug-likeness (QED) is 0.686. The third kappa shape index (κ3) is 4.10. The van der Waals surface area contributed by atoms with Crippen LogP contribution in [-0.2, 0) is 4.79 Å². The number of hydrogen-bond donors (Lipinski definition) is 2. The maximum absolute atomic E-state index is 11.8. The van der Waals surface area contributed by atoms with Crippen molar-refractivity contribution in [3.05, 3.63) is 0 Å². The summed E-state index contributed by atoms with van der Waals surface area (Å²) >= 11 is 0. The maximum atomic E-state index is 11.8. The largest absolute Gasteiger partial charge is 0.355 e. The van der Waals surface area contributed by atoms with Gasteiger partial charge in [-0.15, -0.1) is 0 Å². The second-order valence-electron chi connectivity index (χ2n) is 4.82. The highest BCUT2D eigenvalue weighted by molar-refractivity contribution is 5.78. The average molecular weight is 227 g/mol. The summed E-state index contributed by atoms with van der Waals surface area (Å²) in [6, 6.07) is 0. The van der Waals surface area contributed by atoms with Crippen molar-refractivity contribution < 1.29 is 4.79 Å². The molecule has 0 spiro atoms. The molecule has 2 atom stereocenters. The van der Waals surface area contributed by atoms with Gasteiger partial charge in [-0.25, -0.2) is 0 Å². The fourth-order valence-electron chi connectivity index (χ4n) is 2.25. The lowest BCUT2D eigenvalue weighted by atomic mass is 10.0. The SMILES string of the molecule is CCC(CNC)C(=O)NCC1CCN(C)C1. The number of carbonyl (C=O) groups is 1. The number of amides is 1. The highest BCUT2D eigenvalue weighted by atomic mass is 16.1. The van der Waals surface area contributed by atoms with Gasteiger partial charge in [-0.2, -0.15) is 0 Å². The number of carbonyl (C=O) groups excluding carboxylic acids is 1. The van der Waals surface area contributed by atoms with Gasteiger partial charge >= 0.3 is 0 Å². The Bertz CT molecular complexity index is 220. The van der Waals surface area contributed by atoms with E-state index in [2.05, 4.69) is 29.5 Å². The molecule has 1 amide bonds. The maximum Gasteiger partial charge on any atom is 0.224 e. The predicted octanol–water partition coefficient (Wildman–Crippen LogP) is 0.300. The zero-order valence-corrected chi connectivity index (χ0v) is 10.8. The van der Waals surface area contributed by atoms with Crippen molar-refractivity contribution in [2.75, 3.05) is 40.3 Å². The molecule has 0 saturated carbocycles. The van der Waals surface area contributed by atoms with E-state index >= 15 is 0 Å². The molecule has 0 aromatic rings. The lowest BCUT2D eigenvalue weighted by molar-refractivity contribution is -0.125. The Morgan fingerprint density at radius 3 is 2.81 bits per heavy atom. The van der Waals surface area contributed by atoms with Crippen molar-refractivity contribution >= 4 is 5.91 Å². The molecule has 1 saturated heterocycles.